The zero-order valence-corrected chi connectivity index (χ0v) is 11.2. The van der Waals surface area contributed by atoms with Crippen LogP contribution in [0, 0.1) is 6.92 Å². The molecule has 3 heteroatoms. The highest BCUT2D eigenvalue weighted by Crippen LogP contribution is 2.14. The number of hydrogen-bond donors (Lipinski definition) is 0. The normalized spacial score (nSPS) is 15.8. The first-order valence-corrected chi connectivity index (χ1v) is 6.64. The van der Waals surface area contributed by atoms with Gasteiger partial charge in [0.15, 0.2) is 0 Å². The molecule has 1 saturated heterocycles. The Morgan fingerprint density at radius 3 is 2.72 bits per heavy atom. The summed E-state index contributed by atoms with van der Waals surface area (Å²) < 4.78 is 5.27. The van der Waals surface area contributed by atoms with E-state index in [4.69, 9.17) is 4.74 Å². The molecule has 1 aliphatic heterocycles. The molecular weight excluding hydrogens is 226 g/mol. The molecule has 2 rings (SSSR count). The van der Waals surface area contributed by atoms with E-state index in [1.54, 1.807) is 0 Å². The second-order valence-electron chi connectivity index (χ2n) is 4.78. The third kappa shape index (κ3) is 3.10. The highest BCUT2D eigenvalue weighted by molar-refractivity contribution is 5.79. The van der Waals surface area contributed by atoms with Crippen molar-refractivity contribution in [2.24, 2.45) is 0 Å². The smallest absolute Gasteiger partial charge is 0.227 e. The molecule has 1 aliphatic rings. The summed E-state index contributed by atoms with van der Waals surface area (Å²) in [7, 11) is 0. The van der Waals surface area contributed by atoms with E-state index in [1.807, 2.05) is 4.90 Å². The number of ether oxygens (including phenoxy) is 1. The third-order valence-corrected chi connectivity index (χ3v) is 3.53. The quantitative estimate of drug-likeness (QED) is 0.817. The van der Waals surface area contributed by atoms with Crippen molar-refractivity contribution in [2.75, 3.05) is 26.3 Å². The van der Waals surface area contributed by atoms with Crippen molar-refractivity contribution in [2.45, 2.75) is 26.7 Å². The first-order valence-electron chi connectivity index (χ1n) is 6.64. The van der Waals surface area contributed by atoms with E-state index in [1.165, 1.54) is 11.1 Å². The first-order chi connectivity index (χ1) is 8.70. The molecule has 1 amide bonds. The van der Waals surface area contributed by atoms with E-state index >= 15 is 0 Å². The fourth-order valence-corrected chi connectivity index (χ4v) is 2.22. The zero-order valence-electron chi connectivity index (χ0n) is 11.2. The summed E-state index contributed by atoms with van der Waals surface area (Å²) in [5.74, 6) is 0.217. The van der Waals surface area contributed by atoms with Gasteiger partial charge in [0.2, 0.25) is 5.91 Å². The average molecular weight is 247 g/mol. The number of carbonyl (C=O) groups is 1. The van der Waals surface area contributed by atoms with Crippen molar-refractivity contribution in [1.29, 1.82) is 0 Å². The molecule has 98 valence electrons. The Morgan fingerprint density at radius 2 is 2.06 bits per heavy atom. The van der Waals surface area contributed by atoms with Crippen molar-refractivity contribution in [3.8, 4) is 0 Å². The largest absolute Gasteiger partial charge is 0.378 e. The van der Waals surface area contributed by atoms with E-state index in [0.717, 1.165) is 25.1 Å². The minimum atomic E-state index is 0.217. The van der Waals surface area contributed by atoms with E-state index in [-0.39, 0.29) is 5.91 Å². The Balaban J connectivity index is 2.05. The van der Waals surface area contributed by atoms with Crippen LogP contribution in [0.15, 0.2) is 18.2 Å². The molecule has 1 aromatic rings. The summed E-state index contributed by atoms with van der Waals surface area (Å²) in [5, 5.41) is 0. The Hall–Kier alpha value is -1.35. The molecule has 0 radical (unpaired) electrons. The Bertz CT molecular complexity index is 423. The van der Waals surface area contributed by atoms with Crippen LogP contribution in [0.3, 0.4) is 0 Å². The third-order valence-electron chi connectivity index (χ3n) is 3.53. The van der Waals surface area contributed by atoms with E-state index in [2.05, 4.69) is 32.0 Å². The Labute approximate surface area is 109 Å². The summed E-state index contributed by atoms with van der Waals surface area (Å²) >= 11 is 0. The standard InChI is InChI=1S/C15H21NO2/c1-3-13-5-4-12(2)14(10-13)11-15(17)16-6-8-18-9-7-16/h4-5,10H,3,6-9,11H2,1-2H3. The van der Waals surface area contributed by atoms with Gasteiger partial charge in [0, 0.05) is 13.1 Å². The van der Waals surface area contributed by atoms with Gasteiger partial charge in [-0.05, 0) is 30.0 Å². The van der Waals surface area contributed by atoms with Crippen LogP contribution in [0.4, 0.5) is 0 Å². The molecule has 1 heterocycles. The molecule has 1 aromatic carbocycles. The average Bonchev–Trinajstić information content (AvgIpc) is 2.42. The molecule has 0 saturated carbocycles. The van der Waals surface area contributed by atoms with Crippen molar-refractivity contribution in [3.05, 3.63) is 34.9 Å². The van der Waals surface area contributed by atoms with E-state index < -0.39 is 0 Å². The summed E-state index contributed by atoms with van der Waals surface area (Å²) in [6.45, 7) is 7.00. The summed E-state index contributed by atoms with van der Waals surface area (Å²) in [6.07, 6.45) is 1.53. The van der Waals surface area contributed by atoms with Gasteiger partial charge in [0.1, 0.15) is 0 Å². The lowest BCUT2D eigenvalue weighted by Gasteiger charge is -2.27. The van der Waals surface area contributed by atoms with Crippen LogP contribution in [0.2, 0.25) is 0 Å². The number of carbonyl (C=O) groups excluding carboxylic acids is 1. The lowest BCUT2D eigenvalue weighted by atomic mass is 10.0. The molecule has 0 atom stereocenters. The van der Waals surface area contributed by atoms with Crippen LogP contribution in [0.25, 0.3) is 0 Å². The summed E-state index contributed by atoms with van der Waals surface area (Å²) in [6, 6.07) is 6.41. The van der Waals surface area contributed by atoms with Gasteiger partial charge < -0.3 is 9.64 Å². The topological polar surface area (TPSA) is 29.5 Å². The minimum absolute atomic E-state index is 0.217. The number of hydrogen-bond acceptors (Lipinski definition) is 2. The summed E-state index contributed by atoms with van der Waals surface area (Å²) in [4.78, 5) is 14.1. The maximum atomic E-state index is 12.2. The second-order valence-corrected chi connectivity index (χ2v) is 4.78. The number of rotatable bonds is 3. The van der Waals surface area contributed by atoms with Gasteiger partial charge in [0.05, 0.1) is 19.6 Å². The molecule has 0 spiro atoms. The van der Waals surface area contributed by atoms with Crippen LogP contribution >= 0.6 is 0 Å². The first kappa shape index (κ1) is 13.1. The van der Waals surface area contributed by atoms with Crippen LogP contribution in [0.5, 0.6) is 0 Å². The molecule has 1 fully saturated rings. The van der Waals surface area contributed by atoms with Crippen molar-refractivity contribution >= 4 is 5.91 Å². The number of nitrogens with zero attached hydrogens (tertiary/aromatic N) is 1. The van der Waals surface area contributed by atoms with Gasteiger partial charge in [0.25, 0.3) is 0 Å². The Morgan fingerprint density at radius 1 is 1.33 bits per heavy atom. The van der Waals surface area contributed by atoms with Crippen LogP contribution < -0.4 is 0 Å². The number of benzene rings is 1. The molecular formula is C15H21NO2. The van der Waals surface area contributed by atoms with Gasteiger partial charge in [-0.15, -0.1) is 0 Å². The molecule has 0 aliphatic carbocycles. The molecule has 0 bridgehead atoms. The highest BCUT2D eigenvalue weighted by Gasteiger charge is 2.17. The van der Waals surface area contributed by atoms with Crippen molar-refractivity contribution in [1.82, 2.24) is 4.90 Å². The Kier molecular flexibility index (Phi) is 4.37. The number of aryl methyl sites for hydroxylation is 2. The fraction of sp³-hybridized carbons (Fsp3) is 0.533. The van der Waals surface area contributed by atoms with Crippen molar-refractivity contribution in [3.63, 3.8) is 0 Å². The van der Waals surface area contributed by atoms with Crippen LogP contribution in [-0.2, 0) is 22.4 Å². The van der Waals surface area contributed by atoms with Crippen LogP contribution in [0.1, 0.15) is 23.6 Å². The fourth-order valence-electron chi connectivity index (χ4n) is 2.22. The predicted octanol–water partition coefficient (Wildman–Crippen LogP) is 1.96. The van der Waals surface area contributed by atoms with E-state index in [9.17, 15) is 4.79 Å². The summed E-state index contributed by atoms with van der Waals surface area (Å²) in [5.41, 5.74) is 3.66. The SMILES string of the molecule is CCc1ccc(C)c(CC(=O)N2CCOCC2)c1. The highest BCUT2D eigenvalue weighted by atomic mass is 16.5. The maximum Gasteiger partial charge on any atom is 0.227 e. The van der Waals surface area contributed by atoms with Gasteiger partial charge in [-0.2, -0.15) is 0 Å². The number of amides is 1. The van der Waals surface area contributed by atoms with Crippen LogP contribution in [-0.4, -0.2) is 37.1 Å². The van der Waals surface area contributed by atoms with Gasteiger partial charge in [-0.3, -0.25) is 4.79 Å². The van der Waals surface area contributed by atoms with Gasteiger partial charge in [-0.1, -0.05) is 25.1 Å². The molecule has 18 heavy (non-hydrogen) atoms. The predicted molar refractivity (Wildman–Crippen MR) is 71.7 cm³/mol. The second kappa shape index (κ2) is 6.01. The molecule has 0 unspecified atom stereocenters. The monoisotopic (exact) mass is 247 g/mol. The minimum Gasteiger partial charge on any atom is -0.378 e. The van der Waals surface area contributed by atoms with Gasteiger partial charge >= 0.3 is 0 Å². The molecule has 3 nitrogen and oxygen atoms in total. The lowest BCUT2D eigenvalue weighted by Crippen LogP contribution is -2.41. The zero-order chi connectivity index (χ0) is 13.0. The lowest BCUT2D eigenvalue weighted by molar-refractivity contribution is -0.134. The van der Waals surface area contributed by atoms with Crippen molar-refractivity contribution < 1.29 is 9.53 Å². The molecule has 0 aromatic heterocycles. The van der Waals surface area contributed by atoms with Gasteiger partial charge in [-0.25, -0.2) is 0 Å². The number of morpholine rings is 1. The molecule has 0 N–H and O–H groups in total. The maximum absolute atomic E-state index is 12.2. The van der Waals surface area contributed by atoms with E-state index in [0.29, 0.717) is 19.6 Å².